The van der Waals surface area contributed by atoms with Gasteiger partial charge in [0.1, 0.15) is 0 Å². The van der Waals surface area contributed by atoms with E-state index in [-0.39, 0.29) is 22.7 Å². The lowest BCUT2D eigenvalue weighted by Crippen LogP contribution is -2.32. The Kier molecular flexibility index (Phi) is 9.66. The summed E-state index contributed by atoms with van der Waals surface area (Å²) in [6.07, 6.45) is 1.43. The third kappa shape index (κ3) is 7.36. The van der Waals surface area contributed by atoms with Crippen molar-refractivity contribution in [3.05, 3.63) is 123 Å². The number of anilines is 2. The summed E-state index contributed by atoms with van der Waals surface area (Å²) in [7, 11) is 1.58. The summed E-state index contributed by atoms with van der Waals surface area (Å²) in [5.41, 5.74) is 3.11. The van der Waals surface area contributed by atoms with Gasteiger partial charge in [-0.3, -0.25) is 24.5 Å². The molecule has 234 valence electrons. The molecule has 1 aliphatic heterocycles. The molecule has 4 aromatic rings. The van der Waals surface area contributed by atoms with E-state index in [0.717, 1.165) is 17.7 Å². The number of amides is 3. The molecule has 1 aliphatic rings. The number of nitro groups is 1. The molecule has 0 bridgehead atoms. The number of ether oxygens (including phenoxy) is 2. The van der Waals surface area contributed by atoms with Crippen LogP contribution in [-0.2, 0) is 0 Å². The van der Waals surface area contributed by atoms with E-state index < -0.39 is 16.7 Å². The number of methoxy groups -OCH3 is 1. The van der Waals surface area contributed by atoms with Crippen molar-refractivity contribution in [2.75, 3.05) is 30.9 Å². The Bertz CT molecular complexity index is 1820. The number of rotatable bonds is 10. The van der Waals surface area contributed by atoms with Crippen molar-refractivity contribution in [1.82, 2.24) is 5.01 Å². The van der Waals surface area contributed by atoms with Crippen molar-refractivity contribution in [2.24, 2.45) is 5.10 Å². The number of carbonyl (C=O) groups is 3. The molecule has 46 heavy (non-hydrogen) atoms. The molecular formula is C34H31N5O7. The van der Waals surface area contributed by atoms with Crippen molar-refractivity contribution in [3.63, 3.8) is 0 Å². The molecule has 5 rings (SSSR count). The molecule has 2 N–H and O–H groups in total. The van der Waals surface area contributed by atoms with Crippen LogP contribution in [0.25, 0.3) is 0 Å². The summed E-state index contributed by atoms with van der Waals surface area (Å²) >= 11 is 0. The Hall–Kier alpha value is -6.04. The summed E-state index contributed by atoms with van der Waals surface area (Å²) in [6, 6.07) is 23.7. The van der Waals surface area contributed by atoms with Gasteiger partial charge in [-0.2, -0.15) is 5.10 Å². The number of hydrogen-bond acceptors (Lipinski definition) is 8. The molecule has 0 radical (unpaired) electrons. The molecule has 0 spiro atoms. The van der Waals surface area contributed by atoms with E-state index >= 15 is 0 Å². The van der Waals surface area contributed by atoms with E-state index in [1.54, 1.807) is 49.6 Å². The maximum atomic E-state index is 13.5. The zero-order valence-electron chi connectivity index (χ0n) is 25.2. The minimum absolute atomic E-state index is 0.126. The second-order valence-electron chi connectivity index (χ2n) is 10.3. The lowest BCUT2D eigenvalue weighted by Gasteiger charge is -2.24. The first-order valence-corrected chi connectivity index (χ1v) is 14.5. The standard InChI is InChI=1S/C34H31N5O7/c1-3-46-31-21-23(14-17-30(31)45-2)29-11-6-18-38(37-29)34(42)25-8-5-10-27(20-25)36-33(41)24-7-4-9-26(19-24)35-32(40)22-12-15-28(16-13-22)39(43)44/h4-5,7-10,12-17,19-21H,3,6,11,18H2,1-2H3,(H,35,40)(H,36,41). The molecule has 3 amide bonds. The van der Waals surface area contributed by atoms with Crippen LogP contribution in [0.3, 0.4) is 0 Å². The summed E-state index contributed by atoms with van der Waals surface area (Å²) in [5, 5.41) is 22.4. The third-order valence-corrected chi connectivity index (χ3v) is 7.15. The maximum absolute atomic E-state index is 13.5. The maximum Gasteiger partial charge on any atom is 0.274 e. The molecule has 4 aromatic carbocycles. The quantitative estimate of drug-likeness (QED) is 0.159. The third-order valence-electron chi connectivity index (χ3n) is 7.15. The van der Waals surface area contributed by atoms with Gasteiger partial charge < -0.3 is 20.1 Å². The minimum Gasteiger partial charge on any atom is -0.493 e. The van der Waals surface area contributed by atoms with Crippen molar-refractivity contribution in [3.8, 4) is 11.5 Å². The molecule has 0 unspecified atom stereocenters. The number of nitrogens with zero attached hydrogens (tertiary/aromatic N) is 3. The molecule has 0 aliphatic carbocycles. The van der Waals surface area contributed by atoms with Gasteiger partial charge in [-0.05, 0) is 86.5 Å². The highest BCUT2D eigenvalue weighted by Crippen LogP contribution is 2.30. The van der Waals surface area contributed by atoms with Crippen LogP contribution in [0, 0.1) is 10.1 Å². The molecule has 0 aromatic heterocycles. The largest absolute Gasteiger partial charge is 0.493 e. The van der Waals surface area contributed by atoms with Gasteiger partial charge in [0.25, 0.3) is 23.4 Å². The monoisotopic (exact) mass is 621 g/mol. The first-order valence-electron chi connectivity index (χ1n) is 14.5. The fourth-order valence-electron chi connectivity index (χ4n) is 4.87. The van der Waals surface area contributed by atoms with Crippen LogP contribution in [0.2, 0.25) is 0 Å². The van der Waals surface area contributed by atoms with Gasteiger partial charge in [0, 0.05) is 52.3 Å². The summed E-state index contributed by atoms with van der Waals surface area (Å²) in [6.45, 7) is 2.83. The number of hydrogen-bond donors (Lipinski definition) is 2. The first-order chi connectivity index (χ1) is 22.2. The van der Waals surface area contributed by atoms with Gasteiger partial charge in [0.15, 0.2) is 11.5 Å². The second-order valence-corrected chi connectivity index (χ2v) is 10.3. The van der Waals surface area contributed by atoms with Crippen molar-refractivity contribution in [1.29, 1.82) is 0 Å². The molecule has 0 saturated heterocycles. The van der Waals surface area contributed by atoms with E-state index in [4.69, 9.17) is 9.47 Å². The number of carbonyl (C=O) groups excluding carboxylic acids is 3. The van der Waals surface area contributed by atoms with Gasteiger partial charge in [0.05, 0.1) is 24.4 Å². The van der Waals surface area contributed by atoms with Crippen LogP contribution in [0.5, 0.6) is 11.5 Å². The zero-order chi connectivity index (χ0) is 32.6. The van der Waals surface area contributed by atoms with Gasteiger partial charge in [-0.1, -0.05) is 12.1 Å². The minimum atomic E-state index is -0.546. The summed E-state index contributed by atoms with van der Waals surface area (Å²) in [4.78, 5) is 49.5. The van der Waals surface area contributed by atoms with Crippen LogP contribution < -0.4 is 20.1 Å². The number of nitro benzene ring substituents is 1. The second kappa shape index (κ2) is 14.2. The number of nitrogens with one attached hydrogen (secondary N) is 2. The molecule has 0 saturated carbocycles. The van der Waals surface area contributed by atoms with E-state index in [1.807, 2.05) is 25.1 Å². The number of non-ortho nitro benzene ring substituents is 1. The van der Waals surface area contributed by atoms with Crippen molar-refractivity contribution >= 4 is 40.5 Å². The molecule has 1 heterocycles. The molecule has 0 atom stereocenters. The van der Waals surface area contributed by atoms with Gasteiger partial charge in [-0.25, -0.2) is 5.01 Å². The van der Waals surface area contributed by atoms with E-state index in [1.165, 1.54) is 35.3 Å². The summed E-state index contributed by atoms with van der Waals surface area (Å²) in [5.74, 6) is -0.00679. The SMILES string of the molecule is CCOc1cc(C2=NN(C(=O)c3cccc(NC(=O)c4cccc(NC(=O)c5ccc([N+](=O)[O-])cc5)c4)c3)CCC2)ccc1OC. The average molecular weight is 622 g/mol. The zero-order valence-corrected chi connectivity index (χ0v) is 25.2. The predicted molar refractivity (Wildman–Crippen MR) is 173 cm³/mol. The fourth-order valence-corrected chi connectivity index (χ4v) is 4.87. The van der Waals surface area contributed by atoms with E-state index in [0.29, 0.717) is 48.0 Å². The smallest absolute Gasteiger partial charge is 0.274 e. The van der Waals surface area contributed by atoms with E-state index in [9.17, 15) is 24.5 Å². The van der Waals surface area contributed by atoms with Crippen molar-refractivity contribution < 1.29 is 28.8 Å². The van der Waals surface area contributed by atoms with E-state index in [2.05, 4.69) is 15.7 Å². The van der Waals surface area contributed by atoms with Crippen LogP contribution >= 0.6 is 0 Å². The van der Waals surface area contributed by atoms with Crippen LogP contribution in [0.15, 0.2) is 96.1 Å². The average Bonchev–Trinajstić information content (AvgIpc) is 3.08. The molecule has 12 nitrogen and oxygen atoms in total. The lowest BCUT2D eigenvalue weighted by atomic mass is 10.0. The number of hydrazone groups is 1. The highest BCUT2D eigenvalue weighted by atomic mass is 16.6. The Morgan fingerprint density at radius 3 is 2.15 bits per heavy atom. The van der Waals surface area contributed by atoms with Gasteiger partial charge in [-0.15, -0.1) is 0 Å². The lowest BCUT2D eigenvalue weighted by molar-refractivity contribution is -0.384. The molecule has 0 fully saturated rings. The van der Waals surface area contributed by atoms with Gasteiger partial charge >= 0.3 is 0 Å². The highest BCUT2D eigenvalue weighted by Gasteiger charge is 2.22. The highest BCUT2D eigenvalue weighted by molar-refractivity contribution is 6.08. The van der Waals surface area contributed by atoms with Gasteiger partial charge in [0.2, 0.25) is 0 Å². The Morgan fingerprint density at radius 1 is 0.848 bits per heavy atom. The number of benzene rings is 4. The molecule has 12 heteroatoms. The Morgan fingerprint density at radius 2 is 1.50 bits per heavy atom. The Labute approximate surface area is 264 Å². The normalized spacial score (nSPS) is 12.5. The first kappa shape index (κ1) is 31.4. The fraction of sp³-hybridized carbons (Fsp3) is 0.176. The predicted octanol–water partition coefficient (Wildman–Crippen LogP) is 6.15. The topological polar surface area (TPSA) is 152 Å². The van der Waals surface area contributed by atoms with Crippen LogP contribution in [0.4, 0.5) is 17.1 Å². The Balaban J connectivity index is 1.26. The van der Waals surface area contributed by atoms with Crippen LogP contribution in [0.1, 0.15) is 56.4 Å². The van der Waals surface area contributed by atoms with Crippen LogP contribution in [-0.4, -0.2) is 53.6 Å². The summed E-state index contributed by atoms with van der Waals surface area (Å²) < 4.78 is 11.1. The van der Waals surface area contributed by atoms with Crippen molar-refractivity contribution in [2.45, 2.75) is 19.8 Å². The molecular weight excluding hydrogens is 590 g/mol.